The fourth-order valence-corrected chi connectivity index (χ4v) is 2.31. The Hall–Kier alpha value is -2.20. The van der Waals surface area contributed by atoms with Crippen molar-refractivity contribution in [1.82, 2.24) is 9.97 Å². The lowest BCUT2D eigenvalue weighted by molar-refractivity contribution is 0.475. The fourth-order valence-electron chi connectivity index (χ4n) is 2.11. The molecule has 0 saturated carbocycles. The second-order valence-electron chi connectivity index (χ2n) is 4.69. The van der Waals surface area contributed by atoms with Crippen molar-refractivity contribution < 1.29 is 5.11 Å². The van der Waals surface area contributed by atoms with Crippen molar-refractivity contribution >= 4 is 28.3 Å². The van der Waals surface area contributed by atoms with E-state index in [1.165, 1.54) is 0 Å². The van der Waals surface area contributed by atoms with E-state index in [0.29, 0.717) is 11.6 Å². The van der Waals surface area contributed by atoms with Crippen LogP contribution in [-0.4, -0.2) is 15.1 Å². The molecule has 0 radical (unpaired) electrons. The van der Waals surface area contributed by atoms with Gasteiger partial charge in [-0.1, -0.05) is 17.7 Å². The Morgan fingerprint density at radius 1 is 1.25 bits per heavy atom. The Morgan fingerprint density at radius 2 is 2.10 bits per heavy atom. The summed E-state index contributed by atoms with van der Waals surface area (Å²) in [5.41, 5.74) is 3.98. The van der Waals surface area contributed by atoms with Gasteiger partial charge in [0.25, 0.3) is 0 Å². The molecule has 0 fully saturated rings. The van der Waals surface area contributed by atoms with Gasteiger partial charge in [0.2, 0.25) is 0 Å². The largest absolute Gasteiger partial charge is 0.506 e. The SMILES string of the molecule is Cc1nc2ccc(NCc3ccc(O)c(Cl)c3)cc2[nH]1. The van der Waals surface area contributed by atoms with Crippen molar-refractivity contribution in [2.24, 2.45) is 0 Å². The summed E-state index contributed by atoms with van der Waals surface area (Å²) in [6.07, 6.45) is 0. The molecule has 0 aliphatic rings. The number of phenolic OH excluding ortho intramolecular Hbond substituents is 1. The number of phenols is 1. The number of aryl methyl sites for hydroxylation is 1. The lowest BCUT2D eigenvalue weighted by atomic mass is 10.2. The fraction of sp³-hybridized carbons (Fsp3) is 0.133. The van der Waals surface area contributed by atoms with Gasteiger partial charge in [0.1, 0.15) is 11.6 Å². The lowest BCUT2D eigenvalue weighted by Gasteiger charge is -2.07. The van der Waals surface area contributed by atoms with E-state index in [1.54, 1.807) is 12.1 Å². The molecule has 20 heavy (non-hydrogen) atoms. The average Bonchev–Trinajstić information content (AvgIpc) is 2.79. The standard InChI is InChI=1S/C15H14ClN3O/c1-9-18-13-4-3-11(7-14(13)19-9)17-8-10-2-5-15(20)12(16)6-10/h2-7,17,20H,8H2,1H3,(H,18,19). The number of nitrogens with one attached hydrogen (secondary N) is 2. The summed E-state index contributed by atoms with van der Waals surface area (Å²) >= 11 is 5.89. The minimum Gasteiger partial charge on any atom is -0.506 e. The van der Waals surface area contributed by atoms with Crippen molar-refractivity contribution in [1.29, 1.82) is 0 Å². The van der Waals surface area contributed by atoms with E-state index < -0.39 is 0 Å². The van der Waals surface area contributed by atoms with Crippen LogP contribution in [-0.2, 0) is 6.54 Å². The van der Waals surface area contributed by atoms with Gasteiger partial charge in [0.05, 0.1) is 16.1 Å². The molecule has 102 valence electrons. The molecule has 0 aliphatic carbocycles. The number of hydrogen-bond donors (Lipinski definition) is 3. The number of aromatic nitrogens is 2. The Morgan fingerprint density at radius 3 is 2.90 bits per heavy atom. The Labute approximate surface area is 121 Å². The first-order valence-corrected chi connectivity index (χ1v) is 6.67. The number of hydrogen-bond acceptors (Lipinski definition) is 3. The summed E-state index contributed by atoms with van der Waals surface area (Å²) in [5, 5.41) is 13.1. The first-order valence-electron chi connectivity index (χ1n) is 6.29. The summed E-state index contributed by atoms with van der Waals surface area (Å²) in [7, 11) is 0. The van der Waals surface area contributed by atoms with E-state index in [4.69, 9.17) is 11.6 Å². The molecular formula is C15H14ClN3O. The molecule has 0 saturated heterocycles. The van der Waals surface area contributed by atoms with Crippen LogP contribution in [0.3, 0.4) is 0 Å². The summed E-state index contributed by atoms with van der Waals surface area (Å²) in [5.74, 6) is 1.01. The van der Waals surface area contributed by atoms with Gasteiger partial charge in [-0.15, -0.1) is 0 Å². The van der Waals surface area contributed by atoms with Crippen LogP contribution < -0.4 is 5.32 Å². The van der Waals surface area contributed by atoms with E-state index in [9.17, 15) is 5.11 Å². The molecule has 1 aromatic heterocycles. The molecule has 0 spiro atoms. The normalized spacial score (nSPS) is 10.9. The first-order chi connectivity index (χ1) is 9.61. The van der Waals surface area contributed by atoms with Gasteiger partial charge in [0, 0.05) is 12.2 Å². The number of halogens is 1. The number of benzene rings is 2. The van der Waals surface area contributed by atoms with Gasteiger partial charge in [-0.25, -0.2) is 4.98 Å². The average molecular weight is 288 g/mol. The number of imidazole rings is 1. The van der Waals surface area contributed by atoms with Gasteiger partial charge in [-0.3, -0.25) is 0 Å². The Balaban J connectivity index is 1.77. The number of anilines is 1. The number of nitrogens with zero attached hydrogens (tertiary/aromatic N) is 1. The predicted molar refractivity (Wildman–Crippen MR) is 81.3 cm³/mol. The molecule has 0 bridgehead atoms. The zero-order valence-electron chi connectivity index (χ0n) is 10.9. The zero-order valence-corrected chi connectivity index (χ0v) is 11.7. The zero-order chi connectivity index (χ0) is 14.1. The number of aromatic amines is 1. The van der Waals surface area contributed by atoms with E-state index >= 15 is 0 Å². The van der Waals surface area contributed by atoms with Crippen molar-refractivity contribution in [3.8, 4) is 5.75 Å². The second-order valence-corrected chi connectivity index (χ2v) is 5.10. The van der Waals surface area contributed by atoms with Gasteiger partial charge in [-0.05, 0) is 42.8 Å². The predicted octanol–water partition coefficient (Wildman–Crippen LogP) is 3.84. The van der Waals surface area contributed by atoms with Crippen LogP contribution in [0.2, 0.25) is 5.02 Å². The van der Waals surface area contributed by atoms with Crippen LogP contribution in [0.4, 0.5) is 5.69 Å². The highest BCUT2D eigenvalue weighted by atomic mass is 35.5. The Kier molecular flexibility index (Phi) is 3.24. The van der Waals surface area contributed by atoms with Crippen LogP contribution in [0.25, 0.3) is 11.0 Å². The molecule has 1 heterocycles. The maximum absolute atomic E-state index is 9.39. The molecule has 3 N–H and O–H groups in total. The van der Waals surface area contributed by atoms with E-state index in [0.717, 1.165) is 28.1 Å². The smallest absolute Gasteiger partial charge is 0.134 e. The van der Waals surface area contributed by atoms with E-state index in [-0.39, 0.29) is 5.75 Å². The van der Waals surface area contributed by atoms with Crippen molar-refractivity contribution in [3.63, 3.8) is 0 Å². The highest BCUT2D eigenvalue weighted by Crippen LogP contribution is 2.24. The summed E-state index contributed by atoms with van der Waals surface area (Å²) in [4.78, 5) is 7.57. The Bertz CT molecular complexity index is 767. The van der Waals surface area contributed by atoms with Crippen molar-refractivity contribution in [2.75, 3.05) is 5.32 Å². The summed E-state index contributed by atoms with van der Waals surface area (Å²) < 4.78 is 0. The maximum atomic E-state index is 9.39. The second kappa shape index (κ2) is 5.06. The van der Waals surface area contributed by atoms with Gasteiger partial charge < -0.3 is 15.4 Å². The van der Waals surface area contributed by atoms with Crippen LogP contribution in [0.5, 0.6) is 5.75 Å². The molecular weight excluding hydrogens is 274 g/mol. The molecule has 3 rings (SSSR count). The van der Waals surface area contributed by atoms with E-state index in [2.05, 4.69) is 15.3 Å². The number of aromatic hydroxyl groups is 1. The quantitative estimate of drug-likeness (QED) is 0.686. The molecule has 2 aromatic carbocycles. The van der Waals surface area contributed by atoms with Crippen LogP contribution in [0.1, 0.15) is 11.4 Å². The van der Waals surface area contributed by atoms with Crippen LogP contribution >= 0.6 is 11.6 Å². The van der Waals surface area contributed by atoms with Gasteiger partial charge in [0.15, 0.2) is 0 Å². The molecule has 4 nitrogen and oxygen atoms in total. The van der Waals surface area contributed by atoms with E-state index in [1.807, 2.05) is 31.2 Å². The minimum atomic E-state index is 0.102. The number of fused-ring (bicyclic) bond motifs is 1. The minimum absolute atomic E-state index is 0.102. The topological polar surface area (TPSA) is 60.9 Å². The van der Waals surface area contributed by atoms with Gasteiger partial charge >= 0.3 is 0 Å². The molecule has 0 amide bonds. The third kappa shape index (κ3) is 2.56. The molecule has 0 unspecified atom stereocenters. The first kappa shape index (κ1) is 12.8. The molecule has 3 aromatic rings. The monoisotopic (exact) mass is 287 g/mol. The summed E-state index contributed by atoms with van der Waals surface area (Å²) in [6, 6.07) is 11.2. The number of H-pyrrole nitrogens is 1. The molecule has 0 aliphatic heterocycles. The molecule has 5 heteroatoms. The van der Waals surface area contributed by atoms with Gasteiger partial charge in [-0.2, -0.15) is 0 Å². The highest BCUT2D eigenvalue weighted by Gasteiger charge is 2.02. The summed E-state index contributed by atoms with van der Waals surface area (Å²) in [6.45, 7) is 2.57. The molecule has 0 atom stereocenters. The van der Waals surface area contributed by atoms with Crippen molar-refractivity contribution in [3.05, 3.63) is 52.8 Å². The van der Waals surface area contributed by atoms with Crippen LogP contribution in [0, 0.1) is 6.92 Å². The lowest BCUT2D eigenvalue weighted by Crippen LogP contribution is -1.99. The van der Waals surface area contributed by atoms with Crippen LogP contribution in [0.15, 0.2) is 36.4 Å². The highest BCUT2D eigenvalue weighted by molar-refractivity contribution is 6.32. The third-order valence-corrected chi connectivity index (χ3v) is 3.41. The van der Waals surface area contributed by atoms with Crippen molar-refractivity contribution in [2.45, 2.75) is 13.5 Å². The maximum Gasteiger partial charge on any atom is 0.134 e. The number of rotatable bonds is 3. The third-order valence-electron chi connectivity index (χ3n) is 3.11.